The van der Waals surface area contributed by atoms with Gasteiger partial charge in [0.15, 0.2) is 11.6 Å². The number of nitrogens with two attached hydrogens (primary N) is 1. The first-order chi connectivity index (χ1) is 16.9. The zero-order valence-corrected chi connectivity index (χ0v) is 18.3. The highest BCUT2D eigenvalue weighted by molar-refractivity contribution is 6.22. The molecule has 0 aliphatic heterocycles. The minimum absolute atomic E-state index is 0.200. The summed E-state index contributed by atoms with van der Waals surface area (Å²) in [6, 6.07) is 8.76. The first-order valence-corrected chi connectivity index (χ1v) is 10.2. The lowest BCUT2D eigenvalue weighted by Gasteiger charge is -2.12. The van der Waals surface area contributed by atoms with E-state index in [9.17, 15) is 31.1 Å². The monoisotopic (exact) mass is 506 g/mol. The van der Waals surface area contributed by atoms with Crippen molar-refractivity contribution in [3.63, 3.8) is 0 Å². The van der Waals surface area contributed by atoms with Crippen LogP contribution < -0.4 is 5.73 Å². The zero-order chi connectivity index (χ0) is 26.3. The van der Waals surface area contributed by atoms with E-state index < -0.39 is 52.2 Å². The Kier molecular flexibility index (Phi) is 6.16. The van der Waals surface area contributed by atoms with E-state index in [0.29, 0.717) is 0 Å². The van der Waals surface area contributed by atoms with Crippen LogP contribution in [0.1, 0.15) is 16.7 Å². The number of hydrogen-bond donors (Lipinski definition) is 1. The van der Waals surface area contributed by atoms with Crippen molar-refractivity contribution < 1.29 is 31.1 Å². The molecule has 7 nitrogen and oxygen atoms in total. The molecular weight excluding hydrogens is 490 g/mol. The lowest BCUT2D eigenvalue weighted by molar-refractivity contribution is -0.137. The zero-order valence-electron chi connectivity index (χ0n) is 18.3. The fourth-order valence-corrected chi connectivity index (χ4v) is 3.52. The molecule has 2 heterocycles. The maximum absolute atomic E-state index is 13.8. The quantitative estimate of drug-likeness (QED) is 0.309. The van der Waals surface area contributed by atoms with E-state index in [4.69, 9.17) is 5.73 Å². The molecule has 186 valence electrons. The van der Waals surface area contributed by atoms with Gasteiger partial charge in [0.25, 0.3) is 5.91 Å². The molecule has 4 rings (SSSR count). The average molecular weight is 506 g/mol. The Bertz CT molecular complexity index is 1460. The average Bonchev–Trinajstić information content (AvgIpc) is 3.42. The molecule has 0 bridgehead atoms. The van der Waals surface area contributed by atoms with Crippen molar-refractivity contribution in [1.29, 1.82) is 0 Å². The lowest BCUT2D eigenvalue weighted by Crippen LogP contribution is -2.14. The van der Waals surface area contributed by atoms with E-state index in [-0.39, 0.29) is 11.1 Å². The van der Waals surface area contributed by atoms with Crippen LogP contribution in [0, 0.1) is 0 Å². The standard InChI is InChI=1S/C23H16F6N6O/c1-34-11-13(10-31-34)16(19(30)36)12-35-21(15-7-3-5-9-18(15)23(27,28)29)32-20(33-35)14-6-2-4-8-17(14)22(24,25)26/h2-12H,1H3,(H2,30,36). The third-order valence-corrected chi connectivity index (χ3v) is 5.11. The molecule has 36 heavy (non-hydrogen) atoms. The van der Waals surface area contributed by atoms with Crippen LogP contribution in [0.25, 0.3) is 34.5 Å². The number of aromatic nitrogens is 5. The highest BCUT2D eigenvalue weighted by Crippen LogP contribution is 2.39. The minimum Gasteiger partial charge on any atom is -0.366 e. The number of carbonyl (C=O) groups is 1. The number of carbonyl (C=O) groups excluding carboxylic acids is 1. The summed E-state index contributed by atoms with van der Waals surface area (Å²) < 4.78 is 84.4. The van der Waals surface area contributed by atoms with Gasteiger partial charge < -0.3 is 5.73 Å². The van der Waals surface area contributed by atoms with Gasteiger partial charge in [0, 0.05) is 36.1 Å². The van der Waals surface area contributed by atoms with Crippen molar-refractivity contribution in [2.45, 2.75) is 12.4 Å². The smallest absolute Gasteiger partial charge is 0.366 e. The van der Waals surface area contributed by atoms with Gasteiger partial charge in [-0.25, -0.2) is 9.67 Å². The molecule has 0 aliphatic carbocycles. The highest BCUT2D eigenvalue weighted by atomic mass is 19.4. The molecule has 2 aromatic heterocycles. The third-order valence-electron chi connectivity index (χ3n) is 5.11. The summed E-state index contributed by atoms with van der Waals surface area (Å²) in [5.74, 6) is -1.91. The lowest BCUT2D eigenvalue weighted by atomic mass is 10.1. The van der Waals surface area contributed by atoms with Crippen molar-refractivity contribution in [2.24, 2.45) is 12.8 Å². The molecule has 2 aromatic carbocycles. The van der Waals surface area contributed by atoms with Crippen LogP contribution in [-0.4, -0.2) is 30.5 Å². The Morgan fingerprint density at radius 3 is 2.00 bits per heavy atom. The molecule has 0 saturated heterocycles. The molecule has 2 N–H and O–H groups in total. The Hall–Kier alpha value is -4.42. The van der Waals surface area contributed by atoms with Gasteiger partial charge in [-0.15, -0.1) is 5.10 Å². The topological polar surface area (TPSA) is 91.6 Å². The summed E-state index contributed by atoms with van der Waals surface area (Å²) in [5, 5.41) is 7.96. The molecule has 0 atom stereocenters. The second kappa shape index (κ2) is 8.98. The predicted molar refractivity (Wildman–Crippen MR) is 117 cm³/mol. The van der Waals surface area contributed by atoms with E-state index in [0.717, 1.165) is 47.3 Å². The molecule has 0 aliphatic rings. The van der Waals surface area contributed by atoms with Crippen LogP contribution in [0.5, 0.6) is 0 Å². The van der Waals surface area contributed by atoms with Crippen molar-refractivity contribution in [3.8, 4) is 22.8 Å². The predicted octanol–water partition coefficient (Wildman–Crippen LogP) is 4.87. The SMILES string of the molecule is Cn1cc(C(=Cn2nc(-c3ccccc3C(F)(F)F)nc2-c2ccccc2C(F)(F)F)C(N)=O)cn1. The molecule has 0 radical (unpaired) electrons. The molecule has 1 amide bonds. The van der Waals surface area contributed by atoms with Crippen LogP contribution in [0.3, 0.4) is 0 Å². The maximum Gasteiger partial charge on any atom is 0.417 e. The van der Waals surface area contributed by atoms with Gasteiger partial charge >= 0.3 is 12.4 Å². The van der Waals surface area contributed by atoms with Gasteiger partial charge in [0.1, 0.15) is 0 Å². The van der Waals surface area contributed by atoms with Crippen molar-refractivity contribution >= 4 is 17.7 Å². The third kappa shape index (κ3) is 4.85. The van der Waals surface area contributed by atoms with Gasteiger partial charge in [-0.2, -0.15) is 31.4 Å². The van der Waals surface area contributed by atoms with Crippen LogP contribution >= 0.6 is 0 Å². The van der Waals surface area contributed by atoms with Gasteiger partial charge in [0.2, 0.25) is 0 Å². The number of alkyl halides is 6. The molecule has 0 unspecified atom stereocenters. The van der Waals surface area contributed by atoms with Crippen molar-refractivity contribution in [1.82, 2.24) is 24.5 Å². The summed E-state index contributed by atoms with van der Waals surface area (Å²) in [7, 11) is 1.56. The Morgan fingerprint density at radius 1 is 0.917 bits per heavy atom. The van der Waals surface area contributed by atoms with Gasteiger partial charge in [-0.05, 0) is 12.1 Å². The van der Waals surface area contributed by atoms with E-state index >= 15 is 0 Å². The van der Waals surface area contributed by atoms with Crippen molar-refractivity contribution in [3.05, 3.63) is 77.6 Å². The second-order valence-electron chi connectivity index (χ2n) is 7.60. The van der Waals surface area contributed by atoms with Crippen LogP contribution in [-0.2, 0) is 24.2 Å². The summed E-state index contributed by atoms with van der Waals surface area (Å²) in [6.07, 6.45) is -5.87. The number of primary amides is 1. The molecule has 0 spiro atoms. The second-order valence-corrected chi connectivity index (χ2v) is 7.60. The first-order valence-electron chi connectivity index (χ1n) is 10.2. The van der Waals surface area contributed by atoms with E-state index in [2.05, 4.69) is 15.2 Å². The fraction of sp³-hybridized carbons (Fsp3) is 0.130. The largest absolute Gasteiger partial charge is 0.417 e. The van der Waals surface area contributed by atoms with Crippen LogP contribution in [0.15, 0.2) is 60.9 Å². The molecular formula is C23H16F6N6O. The fourth-order valence-electron chi connectivity index (χ4n) is 3.52. The van der Waals surface area contributed by atoms with Gasteiger partial charge in [-0.1, -0.05) is 36.4 Å². The minimum atomic E-state index is -4.81. The molecule has 0 saturated carbocycles. The van der Waals surface area contributed by atoms with E-state index in [1.807, 2.05) is 0 Å². The number of halogens is 6. The summed E-state index contributed by atoms with van der Waals surface area (Å²) >= 11 is 0. The Labute approximate surface area is 199 Å². The van der Waals surface area contributed by atoms with E-state index in [1.165, 1.54) is 29.2 Å². The molecule has 13 heteroatoms. The summed E-state index contributed by atoms with van der Waals surface area (Å²) in [6.45, 7) is 0. The Balaban J connectivity index is 2.02. The summed E-state index contributed by atoms with van der Waals surface area (Å²) in [5.41, 5.74) is 2.41. The number of hydrogen-bond acceptors (Lipinski definition) is 4. The number of rotatable bonds is 5. The Morgan fingerprint density at radius 2 is 1.47 bits per heavy atom. The van der Waals surface area contributed by atoms with Gasteiger partial charge in [-0.3, -0.25) is 9.48 Å². The summed E-state index contributed by atoms with van der Waals surface area (Å²) in [4.78, 5) is 16.2. The van der Waals surface area contributed by atoms with Crippen molar-refractivity contribution in [2.75, 3.05) is 0 Å². The first kappa shape index (κ1) is 24.7. The highest BCUT2D eigenvalue weighted by Gasteiger charge is 2.37. The number of amides is 1. The molecule has 4 aromatic rings. The van der Waals surface area contributed by atoms with E-state index in [1.54, 1.807) is 7.05 Å². The van der Waals surface area contributed by atoms with Crippen LogP contribution in [0.4, 0.5) is 26.3 Å². The maximum atomic E-state index is 13.8. The van der Waals surface area contributed by atoms with Gasteiger partial charge in [0.05, 0.1) is 22.9 Å². The number of aryl methyl sites for hydroxylation is 1. The normalized spacial score (nSPS) is 12.7. The number of benzene rings is 2. The van der Waals surface area contributed by atoms with Crippen LogP contribution in [0.2, 0.25) is 0 Å². The molecule has 0 fully saturated rings. The number of nitrogens with zero attached hydrogens (tertiary/aromatic N) is 5.